The second-order valence-electron chi connectivity index (χ2n) is 3.04. The van der Waals surface area contributed by atoms with Gasteiger partial charge in [-0.1, -0.05) is 0 Å². The van der Waals surface area contributed by atoms with E-state index in [0.29, 0.717) is 0 Å². The van der Waals surface area contributed by atoms with E-state index in [4.69, 9.17) is 0 Å². The van der Waals surface area contributed by atoms with Crippen LogP contribution in [0.3, 0.4) is 0 Å². The summed E-state index contributed by atoms with van der Waals surface area (Å²) in [5.41, 5.74) is 0. The van der Waals surface area contributed by atoms with Crippen molar-refractivity contribution in [2.24, 2.45) is 7.05 Å². The molecule has 1 heterocycles. The molecule has 7 heteroatoms. The first kappa shape index (κ1) is 13.2. The molecule has 0 spiro atoms. The summed E-state index contributed by atoms with van der Waals surface area (Å²) < 4.78 is 4.69. The van der Waals surface area contributed by atoms with Crippen LogP contribution in [0.4, 0.5) is 4.79 Å². The zero-order valence-electron chi connectivity index (χ0n) is 9.40. The van der Waals surface area contributed by atoms with Gasteiger partial charge in [-0.05, 0) is 11.9 Å². The van der Waals surface area contributed by atoms with Gasteiger partial charge in [0.05, 0.1) is 5.75 Å². The Morgan fingerprint density at radius 2 is 2.38 bits per heavy atom. The molecule has 0 aliphatic rings. The van der Waals surface area contributed by atoms with Crippen LogP contribution in [-0.4, -0.2) is 34.1 Å². The number of amides is 2. The third kappa shape index (κ3) is 4.80. The zero-order chi connectivity index (χ0) is 11.8. The third-order valence-corrected chi connectivity index (χ3v) is 3.83. The highest BCUT2D eigenvalue weighted by Gasteiger charge is 1.99. The van der Waals surface area contributed by atoms with Crippen molar-refractivity contribution in [3.8, 4) is 0 Å². The van der Waals surface area contributed by atoms with Crippen LogP contribution < -0.4 is 10.0 Å². The summed E-state index contributed by atoms with van der Waals surface area (Å²) in [6.07, 6.45) is 3.75. The maximum atomic E-state index is 10.8. The lowest BCUT2D eigenvalue weighted by Crippen LogP contribution is -2.27. The SMILES string of the molecule is CNC(=O)NSCCSCc1nccn1C. The smallest absolute Gasteiger partial charge is 0.324 e. The lowest BCUT2D eigenvalue weighted by molar-refractivity contribution is 0.248. The van der Waals surface area contributed by atoms with Crippen LogP contribution in [0.1, 0.15) is 5.82 Å². The van der Waals surface area contributed by atoms with E-state index in [2.05, 4.69) is 15.0 Å². The zero-order valence-corrected chi connectivity index (χ0v) is 11.0. The van der Waals surface area contributed by atoms with Gasteiger partial charge in [0.2, 0.25) is 0 Å². The molecular weight excluding hydrogens is 244 g/mol. The van der Waals surface area contributed by atoms with Gasteiger partial charge in [0.1, 0.15) is 5.82 Å². The van der Waals surface area contributed by atoms with Crippen molar-refractivity contribution in [2.45, 2.75) is 5.75 Å². The number of thioether (sulfide) groups is 1. The number of nitrogens with zero attached hydrogens (tertiary/aromatic N) is 2. The number of imidazole rings is 1. The number of carbonyl (C=O) groups excluding carboxylic acids is 1. The summed E-state index contributed by atoms with van der Waals surface area (Å²) in [4.78, 5) is 15.0. The molecule has 1 rings (SSSR count). The second kappa shape index (κ2) is 7.45. The first-order chi connectivity index (χ1) is 7.74. The van der Waals surface area contributed by atoms with Gasteiger partial charge in [0.15, 0.2) is 0 Å². The Balaban J connectivity index is 2.00. The summed E-state index contributed by atoms with van der Waals surface area (Å²) in [6, 6.07) is -0.154. The van der Waals surface area contributed by atoms with E-state index >= 15 is 0 Å². The minimum Gasteiger partial charge on any atom is -0.341 e. The quantitative estimate of drug-likeness (QED) is 0.596. The average molecular weight is 260 g/mol. The van der Waals surface area contributed by atoms with Gasteiger partial charge in [-0.15, -0.1) is 0 Å². The van der Waals surface area contributed by atoms with Gasteiger partial charge in [-0.2, -0.15) is 11.8 Å². The van der Waals surface area contributed by atoms with Crippen molar-refractivity contribution < 1.29 is 4.79 Å². The summed E-state index contributed by atoms with van der Waals surface area (Å²) in [6.45, 7) is 0. The van der Waals surface area contributed by atoms with Crippen molar-refractivity contribution in [3.05, 3.63) is 18.2 Å². The van der Waals surface area contributed by atoms with E-state index in [1.165, 1.54) is 11.9 Å². The molecule has 90 valence electrons. The summed E-state index contributed by atoms with van der Waals surface area (Å²) in [5, 5.41) is 2.49. The van der Waals surface area contributed by atoms with Crippen LogP contribution in [0.25, 0.3) is 0 Å². The molecule has 0 bridgehead atoms. The molecule has 0 saturated carbocycles. The molecule has 0 fully saturated rings. The molecule has 0 unspecified atom stereocenters. The highest BCUT2D eigenvalue weighted by Crippen LogP contribution is 2.11. The number of hydrogen-bond acceptors (Lipinski definition) is 4. The Kier molecular flexibility index (Phi) is 6.17. The normalized spacial score (nSPS) is 10.1. The molecule has 0 atom stereocenters. The highest BCUT2D eigenvalue weighted by molar-refractivity contribution is 8.01. The summed E-state index contributed by atoms with van der Waals surface area (Å²) in [5.74, 6) is 3.86. The first-order valence-electron chi connectivity index (χ1n) is 4.87. The Morgan fingerprint density at radius 3 is 3.00 bits per heavy atom. The highest BCUT2D eigenvalue weighted by atomic mass is 32.2. The lowest BCUT2D eigenvalue weighted by Gasteiger charge is -2.03. The number of hydrogen-bond donors (Lipinski definition) is 2. The number of rotatable bonds is 6. The predicted octanol–water partition coefficient (Wildman–Crippen LogP) is 1.23. The molecule has 0 saturated heterocycles. The molecule has 2 N–H and O–H groups in total. The summed E-state index contributed by atoms with van der Waals surface area (Å²) in [7, 11) is 3.59. The maximum absolute atomic E-state index is 10.8. The fraction of sp³-hybridized carbons (Fsp3) is 0.556. The average Bonchev–Trinajstić information content (AvgIpc) is 2.69. The first-order valence-corrected chi connectivity index (χ1v) is 7.01. The number of aryl methyl sites for hydroxylation is 1. The van der Waals surface area contributed by atoms with E-state index in [-0.39, 0.29) is 6.03 Å². The molecule has 2 amide bonds. The predicted molar refractivity (Wildman–Crippen MR) is 69.4 cm³/mol. The fourth-order valence-corrected chi connectivity index (χ4v) is 2.71. The number of nitrogens with one attached hydrogen (secondary N) is 2. The van der Waals surface area contributed by atoms with Crippen LogP contribution in [0.5, 0.6) is 0 Å². The minimum absolute atomic E-state index is 0.154. The molecule has 1 aromatic heterocycles. The minimum atomic E-state index is -0.154. The fourth-order valence-electron chi connectivity index (χ4n) is 0.967. The third-order valence-electron chi connectivity index (χ3n) is 1.87. The van der Waals surface area contributed by atoms with Crippen molar-refractivity contribution in [1.29, 1.82) is 0 Å². The Morgan fingerprint density at radius 1 is 1.56 bits per heavy atom. The van der Waals surface area contributed by atoms with Crippen LogP contribution in [0, 0.1) is 0 Å². The second-order valence-corrected chi connectivity index (χ2v) is 5.04. The number of carbonyl (C=O) groups is 1. The Hall–Kier alpha value is -0.820. The Labute approximate surface area is 104 Å². The summed E-state index contributed by atoms with van der Waals surface area (Å²) >= 11 is 3.23. The monoisotopic (exact) mass is 260 g/mol. The van der Waals surface area contributed by atoms with E-state index in [1.807, 2.05) is 29.6 Å². The van der Waals surface area contributed by atoms with Gasteiger partial charge >= 0.3 is 6.03 Å². The van der Waals surface area contributed by atoms with E-state index in [1.54, 1.807) is 13.2 Å². The molecule has 0 aromatic carbocycles. The lowest BCUT2D eigenvalue weighted by atomic mass is 10.7. The Bertz CT molecular complexity index is 329. The van der Waals surface area contributed by atoms with Gasteiger partial charge < -0.3 is 9.88 Å². The standard InChI is InChI=1S/C9H16N4OS2/c1-10-9(14)12-16-6-5-15-7-8-11-3-4-13(8)2/h3-4H,5-7H2,1-2H3,(H2,10,12,14). The maximum Gasteiger partial charge on any atom is 0.324 e. The van der Waals surface area contributed by atoms with Gasteiger partial charge in [0.25, 0.3) is 0 Å². The molecule has 0 aliphatic carbocycles. The van der Waals surface area contributed by atoms with Crippen LogP contribution in [-0.2, 0) is 12.8 Å². The van der Waals surface area contributed by atoms with Crippen LogP contribution >= 0.6 is 23.7 Å². The van der Waals surface area contributed by atoms with Crippen LogP contribution in [0.15, 0.2) is 12.4 Å². The number of aromatic nitrogens is 2. The van der Waals surface area contributed by atoms with Crippen molar-refractivity contribution in [1.82, 2.24) is 19.6 Å². The van der Waals surface area contributed by atoms with Crippen molar-refractivity contribution >= 4 is 29.7 Å². The van der Waals surface area contributed by atoms with Crippen molar-refractivity contribution in [3.63, 3.8) is 0 Å². The van der Waals surface area contributed by atoms with Crippen molar-refractivity contribution in [2.75, 3.05) is 18.6 Å². The molecule has 0 aliphatic heterocycles. The van der Waals surface area contributed by atoms with E-state index < -0.39 is 0 Å². The topological polar surface area (TPSA) is 59.0 Å². The largest absolute Gasteiger partial charge is 0.341 e. The van der Waals surface area contributed by atoms with Gasteiger partial charge in [-0.25, -0.2) is 9.78 Å². The van der Waals surface area contributed by atoms with E-state index in [9.17, 15) is 4.79 Å². The number of urea groups is 1. The van der Waals surface area contributed by atoms with E-state index in [0.717, 1.165) is 23.1 Å². The molecule has 0 radical (unpaired) electrons. The molecule has 5 nitrogen and oxygen atoms in total. The van der Waals surface area contributed by atoms with Crippen LogP contribution in [0.2, 0.25) is 0 Å². The van der Waals surface area contributed by atoms with Gasteiger partial charge in [-0.3, -0.25) is 4.72 Å². The molecular formula is C9H16N4OS2. The molecule has 16 heavy (non-hydrogen) atoms. The molecule has 1 aromatic rings. The van der Waals surface area contributed by atoms with Gasteiger partial charge in [0, 0.05) is 38.0 Å².